The zero-order valence-corrected chi connectivity index (χ0v) is 14.3. The van der Waals surface area contributed by atoms with E-state index in [2.05, 4.69) is 5.48 Å². The Bertz CT molecular complexity index is 599. The van der Waals surface area contributed by atoms with E-state index in [4.69, 9.17) is 19.0 Å². The van der Waals surface area contributed by atoms with E-state index in [9.17, 15) is 4.79 Å². The molecule has 3 rings (SSSR count). The van der Waals surface area contributed by atoms with Gasteiger partial charge in [-0.1, -0.05) is 0 Å². The predicted octanol–water partition coefficient (Wildman–Crippen LogP) is 2.10. The van der Waals surface area contributed by atoms with Gasteiger partial charge in [0, 0.05) is 24.7 Å². The smallest absolute Gasteiger partial charge is 0.341 e. The molecule has 1 fully saturated rings. The van der Waals surface area contributed by atoms with Crippen molar-refractivity contribution in [3.05, 3.63) is 23.8 Å². The average molecular weight is 336 g/mol. The van der Waals surface area contributed by atoms with Crippen LogP contribution in [0.15, 0.2) is 18.2 Å². The first-order valence-corrected chi connectivity index (χ1v) is 8.11. The van der Waals surface area contributed by atoms with Crippen LogP contribution in [0.3, 0.4) is 0 Å². The van der Waals surface area contributed by atoms with Crippen LogP contribution < -0.4 is 15.0 Å². The summed E-state index contributed by atoms with van der Waals surface area (Å²) in [7, 11) is 1.62. The summed E-state index contributed by atoms with van der Waals surface area (Å²) in [6.07, 6.45) is 0.707. The molecule has 24 heavy (non-hydrogen) atoms. The Morgan fingerprint density at radius 1 is 1.42 bits per heavy atom. The number of rotatable bonds is 3. The third-order valence-electron chi connectivity index (χ3n) is 4.08. The Labute approximate surface area is 141 Å². The van der Waals surface area contributed by atoms with Gasteiger partial charge in [-0.3, -0.25) is 4.84 Å². The van der Waals surface area contributed by atoms with Gasteiger partial charge in [-0.2, -0.15) is 0 Å². The molecule has 2 heterocycles. The van der Waals surface area contributed by atoms with Gasteiger partial charge in [0.25, 0.3) is 0 Å². The van der Waals surface area contributed by atoms with E-state index in [1.54, 1.807) is 12.0 Å². The van der Waals surface area contributed by atoms with Crippen LogP contribution in [0.2, 0.25) is 0 Å². The molecule has 7 heteroatoms. The monoisotopic (exact) mass is 336 g/mol. The normalized spacial score (nSPS) is 22.3. The maximum atomic E-state index is 12.5. The first-order chi connectivity index (χ1) is 11.5. The number of fused-ring (bicyclic) bond motifs is 1. The highest BCUT2D eigenvalue weighted by molar-refractivity contribution is 5.73. The third-order valence-corrected chi connectivity index (χ3v) is 4.08. The lowest BCUT2D eigenvalue weighted by Gasteiger charge is -2.29. The fourth-order valence-electron chi connectivity index (χ4n) is 2.89. The van der Waals surface area contributed by atoms with Crippen molar-refractivity contribution in [1.82, 2.24) is 10.4 Å². The lowest BCUT2D eigenvalue weighted by atomic mass is 10.1. The molecule has 0 saturated carbocycles. The maximum absolute atomic E-state index is 12.5. The average Bonchev–Trinajstić information content (AvgIpc) is 3.01. The van der Waals surface area contributed by atoms with E-state index >= 15 is 0 Å². The van der Waals surface area contributed by atoms with Crippen molar-refractivity contribution in [2.75, 3.05) is 26.9 Å². The van der Waals surface area contributed by atoms with E-state index in [1.165, 1.54) is 0 Å². The molecule has 1 aromatic carbocycles. The van der Waals surface area contributed by atoms with Crippen LogP contribution in [0, 0.1) is 0 Å². The van der Waals surface area contributed by atoms with Crippen molar-refractivity contribution < 1.29 is 23.8 Å². The summed E-state index contributed by atoms with van der Waals surface area (Å²) in [5, 5.41) is 0. The molecule has 7 nitrogen and oxygen atoms in total. The quantitative estimate of drug-likeness (QED) is 0.856. The molecular formula is C17H24N2O5. The molecule has 1 unspecified atom stereocenters. The number of carbonyl (C=O) groups excluding carboxylic acids is 1. The minimum absolute atomic E-state index is 0.0817. The summed E-state index contributed by atoms with van der Waals surface area (Å²) in [6.45, 7) is 5.97. The number of nitrogens with one attached hydrogen (secondary N) is 1. The van der Waals surface area contributed by atoms with Gasteiger partial charge in [0.2, 0.25) is 0 Å². The first-order valence-electron chi connectivity index (χ1n) is 8.11. The number of urea groups is 1. The van der Waals surface area contributed by atoms with Gasteiger partial charge in [-0.25, -0.2) is 10.3 Å². The molecule has 2 aliphatic rings. The molecule has 0 aliphatic carbocycles. The highest BCUT2D eigenvalue weighted by atomic mass is 16.7. The Morgan fingerprint density at radius 3 is 2.96 bits per heavy atom. The maximum Gasteiger partial charge on any atom is 0.341 e. The Balaban J connectivity index is 1.71. The second-order valence-electron chi connectivity index (χ2n) is 6.70. The number of hydrogen-bond donors (Lipinski definition) is 1. The van der Waals surface area contributed by atoms with E-state index in [-0.39, 0.29) is 12.1 Å². The SMILES string of the molecule is COc1ccc2c(c1)OC(C)(C)CN(C(=O)NOC1CCOC1)C2. The summed E-state index contributed by atoms with van der Waals surface area (Å²) in [4.78, 5) is 19.6. The molecule has 0 aromatic heterocycles. The molecule has 1 N–H and O–H groups in total. The van der Waals surface area contributed by atoms with E-state index in [0.29, 0.717) is 26.3 Å². The molecule has 1 aromatic rings. The van der Waals surface area contributed by atoms with E-state index in [1.807, 2.05) is 32.0 Å². The fraction of sp³-hybridized carbons (Fsp3) is 0.588. The van der Waals surface area contributed by atoms with Crippen molar-refractivity contribution in [3.8, 4) is 11.5 Å². The van der Waals surface area contributed by atoms with Gasteiger partial charge in [-0.15, -0.1) is 0 Å². The Kier molecular flexibility index (Phi) is 4.82. The number of ether oxygens (including phenoxy) is 3. The minimum atomic E-state index is -0.522. The van der Waals surface area contributed by atoms with Crippen molar-refractivity contribution in [2.24, 2.45) is 0 Å². The molecule has 0 bridgehead atoms. The van der Waals surface area contributed by atoms with E-state index in [0.717, 1.165) is 23.5 Å². The fourth-order valence-corrected chi connectivity index (χ4v) is 2.89. The largest absolute Gasteiger partial charge is 0.497 e. The number of hydroxylamine groups is 1. The molecule has 132 valence electrons. The van der Waals surface area contributed by atoms with Crippen LogP contribution in [0.1, 0.15) is 25.8 Å². The van der Waals surface area contributed by atoms with Crippen LogP contribution in [0.4, 0.5) is 4.79 Å². The highest BCUT2D eigenvalue weighted by Gasteiger charge is 2.32. The number of amides is 2. The van der Waals surface area contributed by atoms with Gasteiger partial charge in [0.1, 0.15) is 23.2 Å². The molecule has 0 radical (unpaired) electrons. The van der Waals surface area contributed by atoms with E-state index < -0.39 is 5.60 Å². The van der Waals surface area contributed by atoms with Gasteiger partial charge in [0.05, 0.1) is 26.8 Å². The zero-order valence-electron chi connectivity index (χ0n) is 14.3. The minimum Gasteiger partial charge on any atom is -0.497 e. The van der Waals surface area contributed by atoms with Crippen LogP contribution in [0.5, 0.6) is 11.5 Å². The van der Waals surface area contributed by atoms with Gasteiger partial charge in [-0.05, 0) is 26.0 Å². The van der Waals surface area contributed by atoms with Crippen molar-refractivity contribution >= 4 is 6.03 Å². The molecule has 0 spiro atoms. The van der Waals surface area contributed by atoms with Crippen LogP contribution in [0.25, 0.3) is 0 Å². The lowest BCUT2D eigenvalue weighted by molar-refractivity contribution is -0.0193. The summed E-state index contributed by atoms with van der Waals surface area (Å²) in [6, 6.07) is 5.36. The number of methoxy groups -OCH3 is 1. The molecule has 2 aliphatic heterocycles. The summed E-state index contributed by atoms with van der Waals surface area (Å²) >= 11 is 0. The van der Waals surface area contributed by atoms with Crippen LogP contribution in [-0.4, -0.2) is 49.5 Å². The van der Waals surface area contributed by atoms with Gasteiger partial charge < -0.3 is 19.1 Å². The van der Waals surface area contributed by atoms with Gasteiger partial charge in [0.15, 0.2) is 0 Å². The summed E-state index contributed by atoms with van der Waals surface area (Å²) < 4.78 is 16.6. The standard InChI is InChI=1S/C17H24N2O5/c1-17(2)11-19(16(20)18-24-14-6-7-22-10-14)9-12-4-5-13(21-3)8-15(12)23-17/h4-5,8,14H,6-7,9-11H2,1-3H3,(H,18,20). The second kappa shape index (κ2) is 6.86. The third kappa shape index (κ3) is 3.91. The molecule has 2 amide bonds. The van der Waals surface area contributed by atoms with Crippen molar-refractivity contribution in [3.63, 3.8) is 0 Å². The first kappa shape index (κ1) is 16.9. The molecular weight excluding hydrogens is 312 g/mol. The van der Waals surface area contributed by atoms with Crippen LogP contribution >= 0.6 is 0 Å². The van der Waals surface area contributed by atoms with Gasteiger partial charge >= 0.3 is 6.03 Å². The highest BCUT2D eigenvalue weighted by Crippen LogP contribution is 2.32. The predicted molar refractivity (Wildman–Crippen MR) is 87.0 cm³/mol. The molecule has 1 atom stereocenters. The second-order valence-corrected chi connectivity index (χ2v) is 6.70. The Morgan fingerprint density at radius 2 is 2.25 bits per heavy atom. The number of carbonyl (C=O) groups is 1. The number of hydrogen-bond acceptors (Lipinski definition) is 5. The molecule has 1 saturated heterocycles. The lowest BCUT2D eigenvalue weighted by Crippen LogP contribution is -2.47. The van der Waals surface area contributed by atoms with Crippen molar-refractivity contribution in [2.45, 2.75) is 38.5 Å². The summed E-state index contributed by atoms with van der Waals surface area (Å²) in [5.74, 6) is 1.46. The van der Waals surface area contributed by atoms with Crippen LogP contribution in [-0.2, 0) is 16.1 Å². The number of nitrogens with zero attached hydrogens (tertiary/aromatic N) is 1. The van der Waals surface area contributed by atoms with Crippen molar-refractivity contribution in [1.29, 1.82) is 0 Å². The number of benzene rings is 1. The zero-order chi connectivity index (χ0) is 17.2. The topological polar surface area (TPSA) is 69.3 Å². The summed E-state index contributed by atoms with van der Waals surface area (Å²) in [5.41, 5.74) is 2.95. The Hall–Kier alpha value is -1.99.